The Hall–Kier alpha value is -2.44. The first-order valence-electron chi connectivity index (χ1n) is 9.73. The van der Waals surface area contributed by atoms with E-state index in [1.165, 1.54) is 22.9 Å². The van der Waals surface area contributed by atoms with E-state index in [9.17, 15) is 9.59 Å². The average Bonchev–Trinajstić information content (AvgIpc) is 3.00. The Kier molecular flexibility index (Phi) is 5.83. The molecule has 0 bridgehead atoms. The highest BCUT2D eigenvalue weighted by Gasteiger charge is 2.33. The summed E-state index contributed by atoms with van der Waals surface area (Å²) in [5.74, 6) is -0.0823. The molecule has 0 N–H and O–H groups in total. The first kappa shape index (κ1) is 19.9. The van der Waals surface area contributed by atoms with Gasteiger partial charge in [-0.3, -0.25) is 14.5 Å². The Morgan fingerprint density at radius 2 is 1.93 bits per heavy atom. The molecular formula is C23H22N2O2S2. The Morgan fingerprint density at radius 3 is 2.72 bits per heavy atom. The van der Waals surface area contributed by atoms with Crippen molar-refractivity contribution in [1.29, 1.82) is 0 Å². The highest BCUT2D eigenvalue weighted by atomic mass is 32.2. The number of para-hydroxylation sites is 1. The molecule has 1 saturated heterocycles. The predicted molar refractivity (Wildman–Crippen MR) is 123 cm³/mol. The monoisotopic (exact) mass is 422 g/mol. The molecule has 2 aromatic rings. The molecule has 0 unspecified atom stereocenters. The van der Waals surface area contributed by atoms with Gasteiger partial charge in [-0.25, -0.2) is 0 Å². The minimum atomic E-state index is -0.118. The molecule has 2 amide bonds. The summed E-state index contributed by atoms with van der Waals surface area (Å²) in [7, 11) is 0. The second kappa shape index (κ2) is 8.51. The van der Waals surface area contributed by atoms with Crippen molar-refractivity contribution in [2.45, 2.75) is 26.2 Å². The van der Waals surface area contributed by atoms with Crippen molar-refractivity contribution in [3.05, 3.63) is 70.1 Å². The number of fused-ring (bicyclic) bond motifs is 1. The quantitative estimate of drug-likeness (QED) is 0.535. The zero-order chi connectivity index (χ0) is 20.4. The summed E-state index contributed by atoms with van der Waals surface area (Å²) >= 11 is 6.71. The molecule has 0 atom stereocenters. The summed E-state index contributed by atoms with van der Waals surface area (Å²) < 4.78 is 0.514. The van der Waals surface area contributed by atoms with Gasteiger partial charge >= 0.3 is 0 Å². The molecule has 29 heavy (non-hydrogen) atoms. The molecule has 0 aromatic heterocycles. The third kappa shape index (κ3) is 4.28. The van der Waals surface area contributed by atoms with Crippen LogP contribution in [0.25, 0.3) is 6.08 Å². The van der Waals surface area contributed by atoms with Crippen LogP contribution in [-0.2, 0) is 16.0 Å². The minimum Gasteiger partial charge on any atom is -0.312 e. The van der Waals surface area contributed by atoms with E-state index in [0.717, 1.165) is 30.6 Å². The van der Waals surface area contributed by atoms with Crippen molar-refractivity contribution < 1.29 is 9.59 Å². The number of hydrogen-bond donors (Lipinski definition) is 0. The fraction of sp³-hybridized carbons (Fsp3) is 0.261. The molecule has 0 spiro atoms. The average molecular weight is 423 g/mol. The van der Waals surface area contributed by atoms with E-state index in [0.29, 0.717) is 15.8 Å². The lowest BCUT2D eigenvalue weighted by molar-refractivity contribution is -0.123. The molecule has 2 aromatic carbocycles. The van der Waals surface area contributed by atoms with Crippen LogP contribution in [0.3, 0.4) is 0 Å². The van der Waals surface area contributed by atoms with Gasteiger partial charge in [-0.05, 0) is 43.0 Å². The van der Waals surface area contributed by atoms with E-state index in [2.05, 4.69) is 6.07 Å². The molecule has 2 aliphatic rings. The van der Waals surface area contributed by atoms with Crippen molar-refractivity contribution >= 4 is 51.9 Å². The van der Waals surface area contributed by atoms with Crippen molar-refractivity contribution in [3.8, 4) is 0 Å². The number of thiocarbonyl (C=S) groups is 1. The molecule has 4 nitrogen and oxygen atoms in total. The topological polar surface area (TPSA) is 40.6 Å². The maximum atomic E-state index is 12.9. The number of anilines is 1. The maximum Gasteiger partial charge on any atom is 0.266 e. The molecule has 0 aliphatic carbocycles. The number of hydrogen-bond acceptors (Lipinski definition) is 4. The number of aryl methyl sites for hydroxylation is 2. The second-order valence-corrected chi connectivity index (χ2v) is 8.95. The summed E-state index contributed by atoms with van der Waals surface area (Å²) in [5.41, 5.74) is 4.34. The van der Waals surface area contributed by atoms with Crippen molar-refractivity contribution in [3.63, 3.8) is 0 Å². The van der Waals surface area contributed by atoms with Gasteiger partial charge in [0.15, 0.2) is 0 Å². The number of thioether (sulfide) groups is 1. The van der Waals surface area contributed by atoms with Crippen molar-refractivity contribution in [2.24, 2.45) is 0 Å². The first-order chi connectivity index (χ1) is 14.0. The van der Waals surface area contributed by atoms with Gasteiger partial charge in [0.2, 0.25) is 5.91 Å². The highest BCUT2D eigenvalue weighted by Crippen LogP contribution is 2.33. The van der Waals surface area contributed by atoms with Gasteiger partial charge in [-0.15, -0.1) is 0 Å². The van der Waals surface area contributed by atoms with E-state index in [-0.39, 0.29) is 18.2 Å². The van der Waals surface area contributed by atoms with E-state index < -0.39 is 0 Å². The van der Waals surface area contributed by atoms with Gasteiger partial charge in [0.05, 0.1) is 4.91 Å². The zero-order valence-corrected chi connectivity index (χ0v) is 17.9. The fourth-order valence-electron chi connectivity index (χ4n) is 3.64. The predicted octanol–water partition coefficient (Wildman–Crippen LogP) is 4.57. The molecule has 1 fully saturated rings. The molecule has 2 heterocycles. The molecule has 6 heteroatoms. The van der Waals surface area contributed by atoms with Crippen LogP contribution in [0.5, 0.6) is 0 Å². The van der Waals surface area contributed by atoms with E-state index in [4.69, 9.17) is 12.2 Å². The summed E-state index contributed by atoms with van der Waals surface area (Å²) in [5, 5.41) is 0. The van der Waals surface area contributed by atoms with E-state index in [1.807, 2.05) is 60.4 Å². The van der Waals surface area contributed by atoms with Crippen LogP contribution in [0.15, 0.2) is 53.4 Å². The van der Waals surface area contributed by atoms with Crippen LogP contribution >= 0.6 is 24.0 Å². The largest absolute Gasteiger partial charge is 0.312 e. The van der Waals surface area contributed by atoms with Gasteiger partial charge in [0.25, 0.3) is 5.91 Å². The third-order valence-corrected chi connectivity index (χ3v) is 6.59. The van der Waals surface area contributed by atoms with Crippen LogP contribution in [0.1, 0.15) is 29.5 Å². The molecule has 4 rings (SSSR count). The van der Waals surface area contributed by atoms with Crippen LogP contribution < -0.4 is 4.90 Å². The van der Waals surface area contributed by atoms with Gasteiger partial charge < -0.3 is 4.90 Å². The van der Waals surface area contributed by atoms with Gasteiger partial charge in [-0.2, -0.15) is 0 Å². The standard InChI is InChI=1S/C23H22N2O2S2/c1-16-8-10-17(11-9-16)15-20-22(27)25(23(28)29-20)14-12-21(26)24-13-4-6-18-5-2-3-7-19(18)24/h2-3,5,7-11,15H,4,6,12-14H2,1H3/b20-15+. The van der Waals surface area contributed by atoms with Gasteiger partial charge in [0.1, 0.15) is 4.32 Å². The summed E-state index contributed by atoms with van der Waals surface area (Å²) in [6.07, 6.45) is 4.08. The fourth-order valence-corrected chi connectivity index (χ4v) is 4.95. The number of amides is 2. The minimum absolute atomic E-state index is 0.0358. The number of rotatable bonds is 4. The van der Waals surface area contributed by atoms with Crippen LogP contribution in [0.4, 0.5) is 5.69 Å². The Bertz CT molecular complexity index is 998. The molecule has 148 valence electrons. The van der Waals surface area contributed by atoms with Crippen LogP contribution in [0.2, 0.25) is 0 Å². The molecular weight excluding hydrogens is 400 g/mol. The Balaban J connectivity index is 1.42. The number of carbonyl (C=O) groups excluding carboxylic acids is 2. The highest BCUT2D eigenvalue weighted by molar-refractivity contribution is 8.26. The summed E-state index contributed by atoms with van der Waals surface area (Å²) in [4.78, 5) is 29.7. The van der Waals surface area contributed by atoms with Crippen molar-refractivity contribution in [1.82, 2.24) is 4.90 Å². The third-order valence-electron chi connectivity index (χ3n) is 5.21. The van der Waals surface area contributed by atoms with Gasteiger partial charge in [-0.1, -0.05) is 72.0 Å². The lowest BCUT2D eigenvalue weighted by atomic mass is 10.0. The summed E-state index contributed by atoms with van der Waals surface area (Å²) in [6, 6.07) is 16.0. The van der Waals surface area contributed by atoms with Crippen molar-refractivity contribution in [2.75, 3.05) is 18.0 Å². The summed E-state index contributed by atoms with van der Waals surface area (Å²) in [6.45, 7) is 3.07. The molecule has 0 radical (unpaired) electrons. The van der Waals surface area contributed by atoms with Gasteiger partial charge in [0, 0.05) is 25.2 Å². The maximum absolute atomic E-state index is 12.9. The normalized spacial score (nSPS) is 17.8. The number of benzene rings is 2. The Labute approximate surface area is 180 Å². The zero-order valence-electron chi connectivity index (χ0n) is 16.3. The van der Waals surface area contributed by atoms with E-state index in [1.54, 1.807) is 4.90 Å². The SMILES string of the molecule is Cc1ccc(/C=C2/SC(=S)N(CCC(=O)N3CCCc4ccccc43)C2=O)cc1. The second-order valence-electron chi connectivity index (χ2n) is 7.27. The lowest BCUT2D eigenvalue weighted by Gasteiger charge is -2.30. The number of carbonyl (C=O) groups is 2. The first-order valence-corrected chi connectivity index (χ1v) is 11.0. The van der Waals surface area contributed by atoms with Crippen LogP contribution in [-0.4, -0.2) is 34.1 Å². The number of nitrogens with zero attached hydrogens (tertiary/aromatic N) is 2. The molecule has 0 saturated carbocycles. The van der Waals surface area contributed by atoms with E-state index >= 15 is 0 Å². The van der Waals surface area contributed by atoms with Crippen LogP contribution in [0, 0.1) is 6.92 Å². The molecule has 2 aliphatic heterocycles. The lowest BCUT2D eigenvalue weighted by Crippen LogP contribution is -2.38. The smallest absolute Gasteiger partial charge is 0.266 e. The Morgan fingerprint density at radius 1 is 1.17 bits per heavy atom.